The van der Waals surface area contributed by atoms with Gasteiger partial charge in [-0.05, 0) is 36.8 Å². The monoisotopic (exact) mass is 200 g/mol. The molecule has 1 aliphatic carbocycles. The summed E-state index contributed by atoms with van der Waals surface area (Å²) in [5.74, 6) is 0.799. The number of allylic oxidation sites excluding steroid dienone is 2. The van der Waals surface area contributed by atoms with Gasteiger partial charge in [0.25, 0.3) is 0 Å². The minimum absolute atomic E-state index is 0.129. The van der Waals surface area contributed by atoms with Crippen LogP contribution in [0.5, 0.6) is 0 Å². The predicted octanol–water partition coefficient (Wildman–Crippen LogP) is 3.40. The van der Waals surface area contributed by atoms with E-state index >= 15 is 0 Å². The summed E-state index contributed by atoms with van der Waals surface area (Å²) in [5.41, 5.74) is 2.07. The molecule has 0 aromatic heterocycles. The van der Waals surface area contributed by atoms with Crippen molar-refractivity contribution in [3.05, 3.63) is 47.5 Å². The van der Waals surface area contributed by atoms with Crippen molar-refractivity contribution in [1.29, 1.82) is 0 Å². The number of hydrogen-bond acceptors (Lipinski definition) is 1. The van der Waals surface area contributed by atoms with E-state index in [0.29, 0.717) is 5.92 Å². The highest BCUT2D eigenvalue weighted by Gasteiger charge is 2.17. The molecule has 1 aromatic carbocycles. The lowest BCUT2D eigenvalue weighted by Gasteiger charge is -1.98. The summed E-state index contributed by atoms with van der Waals surface area (Å²) in [6.45, 7) is 2.11. The number of hydrogen-bond donors (Lipinski definition) is 0. The lowest BCUT2D eigenvalue weighted by atomic mass is 10.1. The summed E-state index contributed by atoms with van der Waals surface area (Å²) in [6, 6.07) is 7.88. The fourth-order valence-electron chi connectivity index (χ4n) is 1.51. The van der Waals surface area contributed by atoms with Gasteiger partial charge in [0, 0.05) is 5.56 Å². The second-order valence-electron chi connectivity index (χ2n) is 4.11. The Bertz CT molecular complexity index is 369. The quantitative estimate of drug-likeness (QED) is 0.537. The Morgan fingerprint density at radius 2 is 2.00 bits per heavy atom. The van der Waals surface area contributed by atoms with Gasteiger partial charge in [-0.2, -0.15) is 0 Å². The van der Waals surface area contributed by atoms with Gasteiger partial charge in [-0.25, -0.2) is 0 Å². The van der Waals surface area contributed by atoms with E-state index < -0.39 is 0 Å². The molecule has 0 N–H and O–H groups in total. The molecule has 1 nitrogen and oxygen atoms in total. The molecule has 0 atom stereocenters. The third-order valence-electron chi connectivity index (χ3n) is 2.79. The van der Waals surface area contributed by atoms with Crippen molar-refractivity contribution in [2.75, 3.05) is 0 Å². The van der Waals surface area contributed by atoms with Crippen LogP contribution in [0.15, 0.2) is 36.4 Å². The maximum Gasteiger partial charge on any atom is 0.185 e. The molecule has 0 spiro atoms. The smallest absolute Gasteiger partial charge is 0.185 e. The van der Waals surface area contributed by atoms with Gasteiger partial charge in [0.1, 0.15) is 0 Å². The summed E-state index contributed by atoms with van der Waals surface area (Å²) in [5, 5.41) is 0. The Hall–Kier alpha value is -1.37. The van der Waals surface area contributed by atoms with Crippen molar-refractivity contribution in [3.8, 4) is 0 Å². The number of aryl methyl sites for hydroxylation is 1. The van der Waals surface area contributed by atoms with Crippen LogP contribution in [0.2, 0.25) is 0 Å². The molecule has 1 fully saturated rings. The summed E-state index contributed by atoms with van der Waals surface area (Å²) < 4.78 is 0. The third-order valence-corrected chi connectivity index (χ3v) is 2.79. The molecule has 0 unspecified atom stereocenters. The summed E-state index contributed by atoms with van der Waals surface area (Å²) in [7, 11) is 0. The van der Waals surface area contributed by atoms with Crippen molar-refractivity contribution >= 4 is 5.78 Å². The molecule has 78 valence electrons. The van der Waals surface area contributed by atoms with E-state index in [2.05, 4.69) is 6.92 Å². The van der Waals surface area contributed by atoms with Gasteiger partial charge in [0.05, 0.1) is 0 Å². The zero-order valence-electron chi connectivity index (χ0n) is 9.07. The van der Waals surface area contributed by atoms with Gasteiger partial charge >= 0.3 is 0 Å². The molecule has 1 heteroatoms. The highest BCUT2D eigenvalue weighted by atomic mass is 16.1. The van der Waals surface area contributed by atoms with Gasteiger partial charge in [-0.1, -0.05) is 37.3 Å². The van der Waals surface area contributed by atoms with Crippen LogP contribution in [0.25, 0.3) is 0 Å². The number of benzene rings is 1. The topological polar surface area (TPSA) is 17.1 Å². The van der Waals surface area contributed by atoms with Crippen LogP contribution in [0.3, 0.4) is 0 Å². The molecule has 1 saturated carbocycles. The second-order valence-corrected chi connectivity index (χ2v) is 4.11. The van der Waals surface area contributed by atoms with E-state index in [4.69, 9.17) is 0 Å². The lowest BCUT2D eigenvalue weighted by Crippen LogP contribution is -1.94. The fourth-order valence-corrected chi connectivity index (χ4v) is 1.51. The Kier molecular flexibility index (Phi) is 3.00. The molecule has 2 rings (SSSR count). The van der Waals surface area contributed by atoms with Crippen molar-refractivity contribution < 1.29 is 4.79 Å². The van der Waals surface area contributed by atoms with E-state index in [1.807, 2.05) is 30.3 Å². The first kappa shape index (κ1) is 10.2. The van der Waals surface area contributed by atoms with E-state index in [-0.39, 0.29) is 5.78 Å². The van der Waals surface area contributed by atoms with Crippen LogP contribution in [0, 0.1) is 5.92 Å². The minimum atomic E-state index is 0.129. The van der Waals surface area contributed by atoms with Crippen LogP contribution >= 0.6 is 0 Å². The average molecular weight is 200 g/mol. The number of carbonyl (C=O) groups is 1. The molecule has 0 radical (unpaired) electrons. The zero-order chi connectivity index (χ0) is 10.7. The van der Waals surface area contributed by atoms with Crippen LogP contribution in [-0.4, -0.2) is 5.78 Å². The molecule has 0 amide bonds. The SMILES string of the molecule is CCc1ccc(C(=O)C=CC2CC2)cc1. The summed E-state index contributed by atoms with van der Waals surface area (Å²) >= 11 is 0. The van der Waals surface area contributed by atoms with Crippen LogP contribution in [0.4, 0.5) is 0 Å². The Morgan fingerprint density at radius 1 is 1.33 bits per heavy atom. The lowest BCUT2D eigenvalue weighted by molar-refractivity contribution is 0.104. The van der Waals surface area contributed by atoms with Crippen molar-refractivity contribution in [2.24, 2.45) is 5.92 Å². The normalized spacial score (nSPS) is 15.8. The highest BCUT2D eigenvalue weighted by molar-refractivity contribution is 6.04. The zero-order valence-corrected chi connectivity index (χ0v) is 9.07. The van der Waals surface area contributed by atoms with Crippen LogP contribution < -0.4 is 0 Å². The van der Waals surface area contributed by atoms with Gasteiger partial charge in [0.15, 0.2) is 5.78 Å². The minimum Gasteiger partial charge on any atom is -0.289 e. The molecule has 0 bridgehead atoms. The first-order valence-electron chi connectivity index (χ1n) is 5.61. The second kappa shape index (κ2) is 4.43. The van der Waals surface area contributed by atoms with Gasteiger partial charge in [-0.15, -0.1) is 0 Å². The van der Waals surface area contributed by atoms with Crippen molar-refractivity contribution in [3.63, 3.8) is 0 Å². The number of rotatable bonds is 4. The van der Waals surface area contributed by atoms with Crippen molar-refractivity contribution in [1.82, 2.24) is 0 Å². The first-order chi connectivity index (χ1) is 7.29. The maximum atomic E-state index is 11.7. The molecular weight excluding hydrogens is 184 g/mol. The molecule has 0 aliphatic heterocycles. The average Bonchev–Trinajstić information content (AvgIpc) is 3.10. The largest absolute Gasteiger partial charge is 0.289 e. The van der Waals surface area contributed by atoms with Crippen LogP contribution in [-0.2, 0) is 6.42 Å². The Morgan fingerprint density at radius 3 is 2.53 bits per heavy atom. The molecule has 1 aromatic rings. The number of carbonyl (C=O) groups excluding carboxylic acids is 1. The standard InChI is InChI=1S/C14H16O/c1-2-11-5-8-13(9-6-11)14(15)10-7-12-3-4-12/h5-10,12H,2-4H2,1H3. The molecule has 0 saturated heterocycles. The molecule has 0 heterocycles. The summed E-state index contributed by atoms with van der Waals surface area (Å²) in [4.78, 5) is 11.7. The third kappa shape index (κ3) is 2.79. The number of ketones is 1. The predicted molar refractivity (Wildman–Crippen MR) is 62.0 cm³/mol. The maximum absolute atomic E-state index is 11.7. The Labute approximate surface area is 90.8 Å². The fraction of sp³-hybridized carbons (Fsp3) is 0.357. The van der Waals surface area contributed by atoms with E-state index in [1.54, 1.807) is 6.08 Å². The van der Waals surface area contributed by atoms with Gasteiger partial charge < -0.3 is 0 Å². The molecular formula is C14H16O. The molecule has 15 heavy (non-hydrogen) atoms. The Balaban J connectivity index is 2.04. The highest BCUT2D eigenvalue weighted by Crippen LogP contribution is 2.30. The van der Waals surface area contributed by atoms with Crippen LogP contribution in [0.1, 0.15) is 35.7 Å². The van der Waals surface area contributed by atoms with Gasteiger partial charge in [-0.3, -0.25) is 4.79 Å². The van der Waals surface area contributed by atoms with E-state index in [0.717, 1.165) is 12.0 Å². The first-order valence-corrected chi connectivity index (χ1v) is 5.61. The summed E-state index contributed by atoms with van der Waals surface area (Å²) in [6.07, 6.45) is 7.28. The van der Waals surface area contributed by atoms with E-state index in [9.17, 15) is 4.79 Å². The van der Waals surface area contributed by atoms with Crippen molar-refractivity contribution in [2.45, 2.75) is 26.2 Å². The molecule has 1 aliphatic rings. The van der Waals surface area contributed by atoms with Gasteiger partial charge in [0.2, 0.25) is 0 Å². The van der Waals surface area contributed by atoms with E-state index in [1.165, 1.54) is 18.4 Å².